The van der Waals surface area contributed by atoms with E-state index in [1.54, 1.807) is 13.8 Å². The summed E-state index contributed by atoms with van der Waals surface area (Å²) in [5.74, 6) is 1.72. The Morgan fingerprint density at radius 1 is 0.816 bits per heavy atom. The summed E-state index contributed by atoms with van der Waals surface area (Å²) in [6.45, 7) is 15.6. The van der Waals surface area contributed by atoms with Crippen LogP contribution in [0, 0.1) is 56.7 Å². The average molecular weight is 529 g/mol. The Hall–Kier alpha value is -1.39. The number of fused-ring (bicyclic) bond motifs is 2. The highest BCUT2D eigenvalue weighted by Gasteiger charge is 2.82. The van der Waals surface area contributed by atoms with Gasteiger partial charge in [-0.25, -0.2) is 0 Å². The van der Waals surface area contributed by atoms with Crippen molar-refractivity contribution in [1.82, 2.24) is 0 Å². The molecular formula is C33H52O5. The van der Waals surface area contributed by atoms with Crippen LogP contribution in [0.1, 0.15) is 119 Å². The SMILES string of the molecule is COC(=O)[C@H](C)CC(=O)C[C@@H](C)[C@H]1CC[C@@]2(C)[C@@H]3CC[C@H]4C(C)(C)[C@H](OC(C)=O)CC[C@@]45C[C@@]35CC[C@]12C. The number of hydrogen-bond donors (Lipinski definition) is 0. The van der Waals surface area contributed by atoms with Gasteiger partial charge < -0.3 is 9.47 Å². The van der Waals surface area contributed by atoms with E-state index in [9.17, 15) is 14.4 Å². The molecule has 5 rings (SSSR count). The lowest BCUT2D eigenvalue weighted by Gasteiger charge is -2.63. The number of hydrogen-bond acceptors (Lipinski definition) is 5. The number of carbonyl (C=O) groups excluding carboxylic acids is 3. The van der Waals surface area contributed by atoms with E-state index in [0.29, 0.717) is 40.4 Å². The molecule has 5 aliphatic carbocycles. The number of Topliss-reactive ketones (excluding diaryl/α,β-unsaturated/α-hetero) is 1. The van der Waals surface area contributed by atoms with Crippen molar-refractivity contribution in [2.45, 2.75) is 125 Å². The van der Waals surface area contributed by atoms with Gasteiger partial charge in [-0.05, 0) is 103 Å². The fourth-order valence-electron chi connectivity index (χ4n) is 11.9. The van der Waals surface area contributed by atoms with Gasteiger partial charge in [-0.3, -0.25) is 14.4 Å². The molecule has 0 aromatic carbocycles. The molecular weight excluding hydrogens is 476 g/mol. The maximum Gasteiger partial charge on any atom is 0.308 e. The van der Waals surface area contributed by atoms with Gasteiger partial charge >= 0.3 is 11.9 Å². The van der Waals surface area contributed by atoms with Gasteiger partial charge in [0.2, 0.25) is 0 Å². The number of ether oxygens (including phenoxy) is 2. The van der Waals surface area contributed by atoms with Gasteiger partial charge in [0.05, 0.1) is 13.0 Å². The summed E-state index contributed by atoms with van der Waals surface area (Å²) in [6.07, 6.45) is 12.2. The number of carbonyl (C=O) groups is 3. The fourth-order valence-corrected chi connectivity index (χ4v) is 11.9. The molecule has 5 fully saturated rings. The van der Waals surface area contributed by atoms with Crippen molar-refractivity contribution in [1.29, 1.82) is 0 Å². The zero-order valence-corrected chi connectivity index (χ0v) is 25.3. The molecule has 5 aliphatic rings. The Balaban J connectivity index is 1.33. The van der Waals surface area contributed by atoms with Crippen molar-refractivity contribution < 1.29 is 23.9 Å². The van der Waals surface area contributed by atoms with E-state index in [0.717, 1.165) is 12.3 Å². The normalized spacial score (nSPS) is 45.9. The van der Waals surface area contributed by atoms with Gasteiger partial charge in [0.15, 0.2) is 0 Å². The Labute approximate surface area is 230 Å². The molecule has 5 nitrogen and oxygen atoms in total. The summed E-state index contributed by atoms with van der Waals surface area (Å²) < 4.78 is 10.7. The quantitative estimate of drug-likeness (QED) is 0.328. The minimum atomic E-state index is -0.361. The van der Waals surface area contributed by atoms with Crippen LogP contribution >= 0.6 is 0 Å². The molecule has 0 bridgehead atoms. The molecule has 0 aromatic heterocycles. The molecule has 0 heterocycles. The van der Waals surface area contributed by atoms with Gasteiger partial charge in [-0.1, -0.05) is 41.5 Å². The summed E-state index contributed by atoms with van der Waals surface area (Å²) in [4.78, 5) is 36.7. The zero-order chi connectivity index (χ0) is 27.9. The second kappa shape index (κ2) is 9.06. The van der Waals surface area contributed by atoms with Crippen molar-refractivity contribution in [2.75, 3.05) is 7.11 Å². The van der Waals surface area contributed by atoms with Crippen LogP contribution in [0.4, 0.5) is 0 Å². The minimum absolute atomic E-state index is 0.0362. The summed E-state index contributed by atoms with van der Waals surface area (Å²) in [5.41, 5.74) is 1.51. The van der Waals surface area contributed by atoms with Crippen LogP contribution in [0.25, 0.3) is 0 Å². The molecule has 0 amide bonds. The molecule has 0 N–H and O–H groups in total. The van der Waals surface area contributed by atoms with Crippen LogP contribution < -0.4 is 0 Å². The Bertz CT molecular complexity index is 1000. The summed E-state index contributed by atoms with van der Waals surface area (Å²) in [7, 11) is 1.39. The topological polar surface area (TPSA) is 69.7 Å². The van der Waals surface area contributed by atoms with Gasteiger partial charge in [0, 0.05) is 25.2 Å². The maximum atomic E-state index is 12.9. The number of rotatable bonds is 7. The van der Waals surface area contributed by atoms with Gasteiger partial charge in [0.1, 0.15) is 11.9 Å². The largest absolute Gasteiger partial charge is 0.469 e. The highest BCUT2D eigenvalue weighted by atomic mass is 16.5. The van der Waals surface area contributed by atoms with Crippen molar-refractivity contribution in [3.63, 3.8) is 0 Å². The van der Waals surface area contributed by atoms with Gasteiger partial charge in [-0.15, -0.1) is 0 Å². The summed E-state index contributed by atoms with van der Waals surface area (Å²) in [6, 6.07) is 0. The Morgan fingerprint density at radius 2 is 1.47 bits per heavy atom. The Morgan fingerprint density at radius 3 is 2.13 bits per heavy atom. The standard InChI is InChI=1S/C33H52O5/c1-20(17-23(35)18-21(2)28(36)37-8)24-11-13-31(7)26-10-9-25-29(4,5)27(38-22(3)34)12-14-32(25)19-33(26,32)16-15-30(24,31)6/h20-21,24-27H,9-19H2,1-8H3/t20-,21-,24-,25+,26+,27-,30-,31+,32-,33+/m1/s1. The highest BCUT2D eigenvalue weighted by molar-refractivity contribution is 5.84. The van der Waals surface area contributed by atoms with Crippen LogP contribution in [-0.4, -0.2) is 30.9 Å². The van der Waals surface area contributed by atoms with E-state index in [1.165, 1.54) is 58.5 Å². The first-order valence-corrected chi connectivity index (χ1v) is 15.5. The molecule has 38 heavy (non-hydrogen) atoms. The predicted octanol–water partition coefficient (Wildman–Crippen LogP) is 7.15. The van der Waals surface area contributed by atoms with Crippen molar-refractivity contribution in [3.05, 3.63) is 0 Å². The van der Waals surface area contributed by atoms with Crippen LogP contribution in [0.15, 0.2) is 0 Å². The van der Waals surface area contributed by atoms with E-state index in [-0.39, 0.29) is 47.0 Å². The lowest BCUT2D eigenvalue weighted by Crippen LogP contribution is -2.58. The van der Waals surface area contributed by atoms with Crippen molar-refractivity contribution in [3.8, 4) is 0 Å². The minimum Gasteiger partial charge on any atom is -0.469 e. The molecule has 0 aliphatic heterocycles. The molecule has 10 atom stereocenters. The maximum absolute atomic E-state index is 12.9. The van der Waals surface area contributed by atoms with Gasteiger partial charge in [0.25, 0.3) is 0 Å². The van der Waals surface area contributed by atoms with Crippen LogP contribution in [-0.2, 0) is 23.9 Å². The van der Waals surface area contributed by atoms with E-state index < -0.39 is 0 Å². The smallest absolute Gasteiger partial charge is 0.308 e. The van der Waals surface area contributed by atoms with E-state index >= 15 is 0 Å². The molecule has 5 heteroatoms. The second-order valence-corrected chi connectivity index (χ2v) is 15.5. The molecule has 0 saturated heterocycles. The van der Waals surface area contributed by atoms with E-state index in [1.807, 2.05) is 0 Å². The summed E-state index contributed by atoms with van der Waals surface area (Å²) >= 11 is 0. The first-order chi connectivity index (χ1) is 17.7. The van der Waals surface area contributed by atoms with Crippen molar-refractivity contribution in [2.24, 2.45) is 56.7 Å². The van der Waals surface area contributed by atoms with Crippen LogP contribution in [0.3, 0.4) is 0 Å². The molecule has 0 unspecified atom stereocenters. The van der Waals surface area contributed by atoms with Crippen molar-refractivity contribution >= 4 is 17.7 Å². The lowest BCUT2D eigenvalue weighted by molar-refractivity contribution is -0.181. The third-order valence-corrected chi connectivity index (χ3v) is 13.8. The highest BCUT2D eigenvalue weighted by Crippen LogP contribution is 2.89. The molecule has 5 saturated carbocycles. The van der Waals surface area contributed by atoms with E-state index in [2.05, 4.69) is 34.6 Å². The second-order valence-electron chi connectivity index (χ2n) is 15.5. The Kier molecular flexibility index (Phi) is 6.71. The number of methoxy groups -OCH3 is 1. The molecule has 0 radical (unpaired) electrons. The molecule has 2 spiro atoms. The van der Waals surface area contributed by atoms with Crippen LogP contribution in [0.2, 0.25) is 0 Å². The third kappa shape index (κ3) is 3.71. The average Bonchev–Trinajstić information content (AvgIpc) is 3.42. The lowest BCUT2D eigenvalue weighted by atomic mass is 9.41. The first kappa shape index (κ1) is 28.1. The molecule has 0 aromatic rings. The molecule has 214 valence electrons. The predicted molar refractivity (Wildman–Crippen MR) is 147 cm³/mol. The number of ketones is 1. The van der Waals surface area contributed by atoms with E-state index in [4.69, 9.17) is 9.47 Å². The third-order valence-electron chi connectivity index (χ3n) is 13.8. The van der Waals surface area contributed by atoms with Crippen LogP contribution in [0.5, 0.6) is 0 Å². The summed E-state index contributed by atoms with van der Waals surface area (Å²) in [5, 5.41) is 0. The fraction of sp³-hybridized carbons (Fsp3) is 0.909. The monoisotopic (exact) mass is 528 g/mol. The zero-order valence-electron chi connectivity index (χ0n) is 25.3. The van der Waals surface area contributed by atoms with Gasteiger partial charge in [-0.2, -0.15) is 0 Å². The number of esters is 2. The first-order valence-electron chi connectivity index (χ1n) is 15.5.